The van der Waals surface area contributed by atoms with Crippen molar-refractivity contribution in [1.29, 1.82) is 0 Å². The van der Waals surface area contributed by atoms with Gasteiger partial charge in [0.15, 0.2) is 0 Å². The summed E-state index contributed by atoms with van der Waals surface area (Å²) in [5, 5.41) is 0. The third-order valence-corrected chi connectivity index (χ3v) is 5.70. The summed E-state index contributed by atoms with van der Waals surface area (Å²) in [6.45, 7) is 2.47. The Balaban J connectivity index is 1.50. The maximum atomic E-state index is 14.3. The van der Waals surface area contributed by atoms with E-state index in [2.05, 4.69) is 4.90 Å². The van der Waals surface area contributed by atoms with Gasteiger partial charge >= 0.3 is 0 Å². The molecule has 0 bridgehead atoms. The minimum absolute atomic E-state index is 0.0614. The molecule has 0 saturated carbocycles. The lowest BCUT2D eigenvalue weighted by molar-refractivity contribution is -0.117. The van der Waals surface area contributed by atoms with Gasteiger partial charge in [0.25, 0.3) is 5.91 Å². The number of piperazine rings is 1. The highest BCUT2D eigenvalue weighted by atomic mass is 19.1. The summed E-state index contributed by atoms with van der Waals surface area (Å²) in [5.74, 6) is -0.173. The van der Waals surface area contributed by atoms with Gasteiger partial charge in [0.05, 0.1) is 6.04 Å². The molecule has 0 N–H and O–H groups in total. The Bertz CT molecular complexity index is 884. The molecular weight excluding hydrogens is 357 g/mol. The predicted molar refractivity (Wildman–Crippen MR) is 106 cm³/mol. The fourth-order valence-corrected chi connectivity index (χ4v) is 4.03. The Kier molecular flexibility index (Phi) is 5.13. The number of anilines is 1. The van der Waals surface area contributed by atoms with Gasteiger partial charge in [-0.25, -0.2) is 4.39 Å². The summed E-state index contributed by atoms with van der Waals surface area (Å²) in [6, 6.07) is 13.8. The Morgan fingerprint density at radius 1 is 1.04 bits per heavy atom. The number of amides is 2. The Hall–Kier alpha value is -2.73. The molecule has 1 atom stereocenters. The van der Waals surface area contributed by atoms with Gasteiger partial charge in [0.2, 0.25) is 5.91 Å². The van der Waals surface area contributed by atoms with E-state index >= 15 is 0 Å². The molecule has 2 aliphatic rings. The van der Waals surface area contributed by atoms with Gasteiger partial charge in [-0.3, -0.25) is 14.5 Å². The number of likely N-dealkylation sites (N-methyl/N-ethyl adjacent to an activating group) is 1. The zero-order chi connectivity index (χ0) is 19.7. The standard InChI is InChI=1S/C22H24FN3O2/c1-24-13-14-25(15-20(24)18-5-2-3-6-19(18)23)22(28)16-8-10-17(11-9-16)26-12-4-7-21(26)27/h2-3,5-6,8-11,20H,4,7,12-15H2,1H3. The minimum Gasteiger partial charge on any atom is -0.335 e. The number of rotatable bonds is 3. The number of halogens is 1. The lowest BCUT2D eigenvalue weighted by atomic mass is 10.0. The zero-order valence-electron chi connectivity index (χ0n) is 16.0. The largest absolute Gasteiger partial charge is 0.335 e. The van der Waals surface area contributed by atoms with Crippen molar-refractivity contribution in [2.75, 3.05) is 38.1 Å². The SMILES string of the molecule is CN1CCN(C(=O)c2ccc(N3CCCC3=O)cc2)CC1c1ccccc1F. The smallest absolute Gasteiger partial charge is 0.253 e. The van der Waals surface area contributed by atoms with Gasteiger partial charge in [-0.05, 0) is 43.8 Å². The van der Waals surface area contributed by atoms with Gasteiger partial charge in [-0.1, -0.05) is 18.2 Å². The van der Waals surface area contributed by atoms with Crippen LogP contribution in [-0.2, 0) is 4.79 Å². The van der Waals surface area contributed by atoms with E-state index in [0.29, 0.717) is 37.2 Å². The van der Waals surface area contributed by atoms with Crippen LogP contribution < -0.4 is 4.90 Å². The summed E-state index contributed by atoms with van der Waals surface area (Å²) in [7, 11) is 1.96. The first-order chi connectivity index (χ1) is 13.5. The molecule has 0 aromatic heterocycles. The van der Waals surface area contributed by atoms with Crippen LogP contribution in [0.5, 0.6) is 0 Å². The van der Waals surface area contributed by atoms with Crippen LogP contribution in [0.1, 0.15) is 34.8 Å². The molecule has 0 spiro atoms. The number of hydrogen-bond donors (Lipinski definition) is 0. The van der Waals surface area contributed by atoms with E-state index < -0.39 is 0 Å². The van der Waals surface area contributed by atoms with Gasteiger partial charge in [0.1, 0.15) is 5.82 Å². The van der Waals surface area contributed by atoms with Crippen molar-refractivity contribution in [3.63, 3.8) is 0 Å². The first-order valence-electron chi connectivity index (χ1n) is 9.69. The van der Waals surface area contributed by atoms with E-state index in [1.807, 2.05) is 25.2 Å². The number of carbonyl (C=O) groups is 2. The van der Waals surface area contributed by atoms with Crippen LogP contribution in [0.15, 0.2) is 48.5 Å². The molecule has 6 heteroatoms. The predicted octanol–water partition coefficient (Wildman–Crippen LogP) is 3.08. The van der Waals surface area contributed by atoms with Crippen LogP contribution >= 0.6 is 0 Å². The Morgan fingerprint density at radius 3 is 2.46 bits per heavy atom. The molecule has 0 aliphatic carbocycles. The average Bonchev–Trinajstić information content (AvgIpc) is 3.14. The highest BCUT2D eigenvalue weighted by molar-refractivity contribution is 5.97. The zero-order valence-corrected chi connectivity index (χ0v) is 16.0. The van der Waals surface area contributed by atoms with E-state index in [-0.39, 0.29) is 23.7 Å². The first-order valence-corrected chi connectivity index (χ1v) is 9.69. The molecule has 146 valence electrons. The minimum atomic E-state index is -0.242. The second kappa shape index (κ2) is 7.72. The number of carbonyl (C=O) groups excluding carboxylic acids is 2. The highest BCUT2D eigenvalue weighted by Crippen LogP contribution is 2.27. The number of nitrogens with zero attached hydrogens (tertiary/aromatic N) is 3. The van der Waals surface area contributed by atoms with Crippen molar-refractivity contribution in [2.45, 2.75) is 18.9 Å². The maximum Gasteiger partial charge on any atom is 0.253 e. The number of hydrogen-bond acceptors (Lipinski definition) is 3. The molecule has 2 saturated heterocycles. The molecule has 1 unspecified atom stereocenters. The summed E-state index contributed by atoms with van der Waals surface area (Å²) in [5.41, 5.74) is 2.04. The molecule has 2 fully saturated rings. The van der Waals surface area contributed by atoms with Crippen molar-refractivity contribution < 1.29 is 14.0 Å². The summed E-state index contributed by atoms with van der Waals surface area (Å²) in [6.07, 6.45) is 1.46. The quantitative estimate of drug-likeness (QED) is 0.821. The number of benzene rings is 2. The summed E-state index contributed by atoms with van der Waals surface area (Å²) in [4.78, 5) is 30.5. The molecule has 2 aromatic carbocycles. The van der Waals surface area contributed by atoms with Gasteiger partial charge < -0.3 is 9.80 Å². The van der Waals surface area contributed by atoms with Gasteiger partial charge in [0, 0.05) is 49.4 Å². The monoisotopic (exact) mass is 381 g/mol. The van der Waals surface area contributed by atoms with Crippen LogP contribution in [0, 0.1) is 5.82 Å². The Morgan fingerprint density at radius 2 is 1.79 bits per heavy atom. The first kappa shape index (κ1) is 18.6. The fraction of sp³-hybridized carbons (Fsp3) is 0.364. The normalized spacial score (nSPS) is 20.6. The molecule has 0 radical (unpaired) electrons. The van der Waals surface area contributed by atoms with Crippen molar-refractivity contribution in [1.82, 2.24) is 9.80 Å². The topological polar surface area (TPSA) is 43.9 Å². The molecule has 2 heterocycles. The molecule has 28 heavy (non-hydrogen) atoms. The van der Waals surface area contributed by atoms with E-state index in [9.17, 15) is 14.0 Å². The Labute approximate surface area is 164 Å². The van der Waals surface area contributed by atoms with Crippen molar-refractivity contribution in [3.8, 4) is 0 Å². The van der Waals surface area contributed by atoms with Gasteiger partial charge in [-0.15, -0.1) is 0 Å². The van der Waals surface area contributed by atoms with Crippen molar-refractivity contribution in [3.05, 3.63) is 65.5 Å². The highest BCUT2D eigenvalue weighted by Gasteiger charge is 2.30. The van der Waals surface area contributed by atoms with E-state index in [0.717, 1.165) is 18.7 Å². The van der Waals surface area contributed by atoms with Crippen LogP contribution in [0.25, 0.3) is 0 Å². The van der Waals surface area contributed by atoms with E-state index in [1.165, 1.54) is 6.07 Å². The van der Waals surface area contributed by atoms with Gasteiger partial charge in [-0.2, -0.15) is 0 Å². The lowest BCUT2D eigenvalue weighted by Crippen LogP contribution is -2.49. The van der Waals surface area contributed by atoms with Crippen molar-refractivity contribution in [2.24, 2.45) is 0 Å². The fourth-order valence-electron chi connectivity index (χ4n) is 4.03. The second-order valence-electron chi connectivity index (χ2n) is 7.46. The summed E-state index contributed by atoms with van der Waals surface area (Å²) >= 11 is 0. The van der Waals surface area contributed by atoms with Crippen LogP contribution in [-0.4, -0.2) is 54.8 Å². The molecule has 4 rings (SSSR count). The molecule has 2 aliphatic heterocycles. The molecule has 2 aromatic rings. The van der Waals surface area contributed by atoms with Crippen LogP contribution in [0.3, 0.4) is 0 Å². The maximum absolute atomic E-state index is 14.3. The lowest BCUT2D eigenvalue weighted by Gasteiger charge is -2.39. The van der Waals surface area contributed by atoms with E-state index in [1.54, 1.807) is 34.1 Å². The van der Waals surface area contributed by atoms with Crippen LogP contribution in [0.4, 0.5) is 10.1 Å². The summed E-state index contributed by atoms with van der Waals surface area (Å²) < 4.78 is 14.3. The third-order valence-electron chi connectivity index (χ3n) is 5.70. The third kappa shape index (κ3) is 3.52. The molecule has 5 nitrogen and oxygen atoms in total. The molecule has 2 amide bonds. The van der Waals surface area contributed by atoms with Crippen LogP contribution in [0.2, 0.25) is 0 Å². The van der Waals surface area contributed by atoms with E-state index in [4.69, 9.17) is 0 Å². The average molecular weight is 381 g/mol. The second-order valence-corrected chi connectivity index (χ2v) is 7.46. The van der Waals surface area contributed by atoms with Crippen molar-refractivity contribution >= 4 is 17.5 Å². The molecular formula is C22H24FN3O2.